The van der Waals surface area contributed by atoms with Crippen molar-refractivity contribution in [3.8, 4) is 0 Å². The van der Waals surface area contributed by atoms with Crippen molar-refractivity contribution in [2.24, 2.45) is 0 Å². The second-order valence-corrected chi connectivity index (χ2v) is 3.97. The number of aliphatic hydroxyl groups excluding tert-OH is 1. The maximum absolute atomic E-state index is 9.25. The Kier molecular flexibility index (Phi) is 3.02. The molecule has 0 amide bonds. The first-order valence-corrected chi connectivity index (χ1v) is 5.39. The van der Waals surface area contributed by atoms with Crippen LogP contribution in [0.4, 0.5) is 0 Å². The van der Waals surface area contributed by atoms with Gasteiger partial charge >= 0.3 is 0 Å². The molecule has 0 aliphatic carbocycles. The van der Waals surface area contributed by atoms with Gasteiger partial charge in [0.1, 0.15) is 0 Å². The van der Waals surface area contributed by atoms with E-state index in [9.17, 15) is 5.11 Å². The Bertz CT molecular complexity index is 529. The minimum absolute atomic E-state index is 0.424. The van der Waals surface area contributed by atoms with E-state index in [1.165, 1.54) is 0 Å². The molecule has 0 aliphatic rings. The van der Waals surface area contributed by atoms with Crippen LogP contribution in [0.2, 0.25) is 0 Å². The number of fused-ring (bicyclic) bond motifs is 1. The summed E-state index contributed by atoms with van der Waals surface area (Å²) >= 11 is 0. The van der Waals surface area contributed by atoms with Crippen LogP contribution in [0.1, 0.15) is 18.2 Å². The lowest BCUT2D eigenvalue weighted by Crippen LogP contribution is -1.92. The lowest BCUT2D eigenvalue weighted by molar-refractivity contribution is 0.245. The largest absolute Gasteiger partial charge is 0.389 e. The molecule has 0 saturated heterocycles. The van der Waals surface area contributed by atoms with Crippen LogP contribution in [0.3, 0.4) is 0 Å². The fourth-order valence-corrected chi connectivity index (χ4v) is 1.72. The van der Waals surface area contributed by atoms with E-state index >= 15 is 0 Å². The summed E-state index contributed by atoms with van der Waals surface area (Å²) in [6, 6.07) is 10.1. The molecule has 2 heteroatoms. The minimum Gasteiger partial charge on any atom is -0.389 e. The molecule has 82 valence electrons. The molecule has 0 fully saturated rings. The molecular weight excluding hydrogens is 198 g/mol. The van der Waals surface area contributed by atoms with E-state index in [0.717, 1.165) is 22.2 Å². The van der Waals surface area contributed by atoms with E-state index < -0.39 is 6.10 Å². The standard InChI is InChI=1S/C14H15NO/c1-10-9-12(8-7-11(2)16)13-5-3-4-6-14(13)15-10/h3-9,11,16H,1-2H3/b8-7+. The molecule has 0 spiro atoms. The van der Waals surface area contributed by atoms with Crippen LogP contribution in [0.25, 0.3) is 17.0 Å². The van der Waals surface area contributed by atoms with Crippen LogP contribution >= 0.6 is 0 Å². The molecule has 2 rings (SSSR count). The highest BCUT2D eigenvalue weighted by Gasteiger charge is 2.00. The summed E-state index contributed by atoms with van der Waals surface area (Å²) in [5.41, 5.74) is 3.08. The number of rotatable bonds is 2. The van der Waals surface area contributed by atoms with Crippen LogP contribution in [0, 0.1) is 6.92 Å². The van der Waals surface area contributed by atoms with Crippen molar-refractivity contribution >= 4 is 17.0 Å². The highest BCUT2D eigenvalue weighted by atomic mass is 16.3. The van der Waals surface area contributed by atoms with E-state index in [2.05, 4.69) is 4.98 Å². The molecule has 2 aromatic rings. The van der Waals surface area contributed by atoms with Gasteiger partial charge in [0, 0.05) is 11.1 Å². The molecular formula is C14H15NO. The van der Waals surface area contributed by atoms with Gasteiger partial charge < -0.3 is 5.11 Å². The van der Waals surface area contributed by atoms with Gasteiger partial charge in [-0.25, -0.2) is 0 Å². The molecule has 2 nitrogen and oxygen atoms in total. The molecule has 0 bridgehead atoms. The maximum atomic E-state index is 9.25. The molecule has 1 unspecified atom stereocenters. The number of aliphatic hydroxyl groups is 1. The number of hydrogen-bond donors (Lipinski definition) is 1. The quantitative estimate of drug-likeness (QED) is 0.832. The van der Waals surface area contributed by atoms with Crippen molar-refractivity contribution in [1.29, 1.82) is 0 Å². The van der Waals surface area contributed by atoms with Crippen molar-refractivity contribution in [3.05, 3.63) is 47.7 Å². The minimum atomic E-state index is -0.424. The summed E-state index contributed by atoms with van der Waals surface area (Å²) in [5.74, 6) is 0. The first-order valence-electron chi connectivity index (χ1n) is 5.39. The second kappa shape index (κ2) is 4.45. The number of nitrogens with zero attached hydrogens (tertiary/aromatic N) is 1. The molecule has 1 heterocycles. The molecule has 0 aliphatic heterocycles. The molecule has 1 N–H and O–H groups in total. The Morgan fingerprint density at radius 1 is 1.31 bits per heavy atom. The van der Waals surface area contributed by atoms with Crippen molar-refractivity contribution < 1.29 is 5.11 Å². The topological polar surface area (TPSA) is 33.1 Å². The van der Waals surface area contributed by atoms with Gasteiger partial charge in [-0.3, -0.25) is 4.98 Å². The van der Waals surface area contributed by atoms with Gasteiger partial charge in [0.05, 0.1) is 11.6 Å². The third-order valence-corrected chi connectivity index (χ3v) is 2.43. The average Bonchev–Trinajstić information content (AvgIpc) is 2.25. The highest BCUT2D eigenvalue weighted by Crippen LogP contribution is 2.19. The smallest absolute Gasteiger partial charge is 0.0711 e. The van der Waals surface area contributed by atoms with Gasteiger partial charge in [-0.15, -0.1) is 0 Å². The Hall–Kier alpha value is -1.67. The van der Waals surface area contributed by atoms with Gasteiger partial charge in [-0.05, 0) is 31.5 Å². The average molecular weight is 213 g/mol. The summed E-state index contributed by atoms with van der Waals surface area (Å²) in [6.07, 6.45) is 3.30. The molecule has 1 atom stereocenters. The number of pyridine rings is 1. The molecule has 0 radical (unpaired) electrons. The number of benzene rings is 1. The van der Waals surface area contributed by atoms with Crippen molar-refractivity contribution in [1.82, 2.24) is 4.98 Å². The van der Waals surface area contributed by atoms with Crippen molar-refractivity contribution in [3.63, 3.8) is 0 Å². The van der Waals surface area contributed by atoms with Crippen LogP contribution in [0.15, 0.2) is 36.4 Å². The predicted molar refractivity (Wildman–Crippen MR) is 67.2 cm³/mol. The maximum Gasteiger partial charge on any atom is 0.0711 e. The summed E-state index contributed by atoms with van der Waals surface area (Å²) in [5, 5.41) is 10.4. The van der Waals surface area contributed by atoms with Crippen molar-refractivity contribution in [2.75, 3.05) is 0 Å². The third-order valence-electron chi connectivity index (χ3n) is 2.43. The third kappa shape index (κ3) is 2.28. The summed E-state index contributed by atoms with van der Waals surface area (Å²) in [6.45, 7) is 3.72. The molecule has 1 aromatic heterocycles. The van der Waals surface area contributed by atoms with E-state index in [0.29, 0.717) is 0 Å². The first kappa shape index (κ1) is 10.8. The Morgan fingerprint density at radius 3 is 2.81 bits per heavy atom. The van der Waals surface area contributed by atoms with Gasteiger partial charge in [0.2, 0.25) is 0 Å². The zero-order valence-electron chi connectivity index (χ0n) is 9.51. The number of para-hydroxylation sites is 1. The molecule has 0 saturated carbocycles. The van der Waals surface area contributed by atoms with Crippen molar-refractivity contribution in [2.45, 2.75) is 20.0 Å². The summed E-state index contributed by atoms with van der Waals surface area (Å²) in [7, 11) is 0. The Labute approximate surface area is 95.3 Å². The molecule has 1 aromatic carbocycles. The zero-order chi connectivity index (χ0) is 11.5. The summed E-state index contributed by atoms with van der Waals surface area (Å²) < 4.78 is 0. The van der Waals surface area contributed by atoms with Gasteiger partial charge in [0.15, 0.2) is 0 Å². The Morgan fingerprint density at radius 2 is 2.06 bits per heavy atom. The SMILES string of the molecule is Cc1cc(/C=C/C(C)O)c2ccccc2n1. The fraction of sp³-hybridized carbons (Fsp3) is 0.214. The number of aryl methyl sites for hydroxylation is 1. The van der Waals surface area contributed by atoms with Crippen LogP contribution in [-0.4, -0.2) is 16.2 Å². The Balaban J connectivity index is 2.59. The normalized spacial score (nSPS) is 13.4. The number of aromatic nitrogens is 1. The van der Waals surface area contributed by atoms with E-state index in [1.807, 2.05) is 43.3 Å². The van der Waals surface area contributed by atoms with Gasteiger partial charge in [0.25, 0.3) is 0 Å². The summed E-state index contributed by atoms with van der Waals surface area (Å²) in [4.78, 5) is 4.47. The first-order chi connectivity index (χ1) is 7.66. The number of hydrogen-bond acceptors (Lipinski definition) is 2. The predicted octanol–water partition coefficient (Wildman–Crippen LogP) is 2.94. The van der Waals surface area contributed by atoms with E-state index in [4.69, 9.17) is 0 Å². The lowest BCUT2D eigenvalue weighted by Gasteiger charge is -2.04. The highest BCUT2D eigenvalue weighted by molar-refractivity contribution is 5.87. The van der Waals surface area contributed by atoms with Crippen LogP contribution in [0.5, 0.6) is 0 Å². The van der Waals surface area contributed by atoms with Gasteiger partial charge in [-0.2, -0.15) is 0 Å². The van der Waals surface area contributed by atoms with Crippen LogP contribution < -0.4 is 0 Å². The fourth-order valence-electron chi connectivity index (χ4n) is 1.72. The monoisotopic (exact) mass is 213 g/mol. The van der Waals surface area contributed by atoms with Gasteiger partial charge in [-0.1, -0.05) is 30.4 Å². The second-order valence-electron chi connectivity index (χ2n) is 3.97. The lowest BCUT2D eigenvalue weighted by atomic mass is 10.1. The molecule has 16 heavy (non-hydrogen) atoms. The van der Waals surface area contributed by atoms with E-state index in [-0.39, 0.29) is 0 Å². The zero-order valence-corrected chi connectivity index (χ0v) is 9.51. The van der Waals surface area contributed by atoms with E-state index in [1.54, 1.807) is 13.0 Å². The van der Waals surface area contributed by atoms with Crippen LogP contribution in [-0.2, 0) is 0 Å².